The maximum atomic E-state index is 13.5. The quantitative estimate of drug-likeness (QED) is 0.233. The monoisotopic (exact) mass is 547 g/mol. The molecule has 3 aromatic rings. The van der Waals surface area contributed by atoms with Crippen molar-refractivity contribution in [1.82, 2.24) is 19.4 Å². The number of methoxy groups -OCH3 is 1. The van der Waals surface area contributed by atoms with E-state index >= 15 is 0 Å². The molecular formula is C29H33N5O4S. The molecule has 1 atom stereocenters. The Morgan fingerprint density at radius 2 is 2.03 bits per heavy atom. The normalized spacial score (nSPS) is 16.5. The number of amides is 1. The van der Waals surface area contributed by atoms with Gasteiger partial charge in [0, 0.05) is 50.7 Å². The van der Waals surface area contributed by atoms with Crippen LogP contribution in [0.4, 0.5) is 0 Å². The third kappa shape index (κ3) is 6.81. The number of piperidine rings is 1. The minimum absolute atomic E-state index is 0.0765. The predicted molar refractivity (Wildman–Crippen MR) is 149 cm³/mol. The van der Waals surface area contributed by atoms with Gasteiger partial charge in [-0.15, -0.1) is 0 Å². The number of nitrogens with one attached hydrogen (secondary N) is 1. The average Bonchev–Trinajstić information content (AvgIpc) is 3.38. The average molecular weight is 548 g/mol. The molecular weight excluding hydrogens is 514 g/mol. The highest BCUT2D eigenvalue weighted by molar-refractivity contribution is 7.89. The van der Waals surface area contributed by atoms with Gasteiger partial charge >= 0.3 is 0 Å². The molecule has 4 rings (SSSR count). The zero-order chi connectivity index (χ0) is 27.8. The smallest absolute Gasteiger partial charge is 0.261 e. The molecule has 39 heavy (non-hydrogen) atoms. The Balaban J connectivity index is 1.74. The summed E-state index contributed by atoms with van der Waals surface area (Å²) < 4.78 is 35.1. The van der Waals surface area contributed by atoms with Crippen molar-refractivity contribution in [2.24, 2.45) is 5.92 Å². The number of aromatic nitrogens is 2. The van der Waals surface area contributed by atoms with Crippen molar-refractivity contribution < 1.29 is 17.9 Å². The summed E-state index contributed by atoms with van der Waals surface area (Å²) in [5, 5.41) is 17.2. The van der Waals surface area contributed by atoms with Crippen LogP contribution in [-0.4, -0.2) is 61.8 Å². The number of nitriles is 1. The molecule has 1 saturated heterocycles. The van der Waals surface area contributed by atoms with Crippen molar-refractivity contribution in [3.8, 4) is 23.0 Å². The summed E-state index contributed by atoms with van der Waals surface area (Å²) in [6.45, 7) is 3.92. The summed E-state index contributed by atoms with van der Waals surface area (Å²) in [5.41, 5.74) is 2.26. The van der Waals surface area contributed by atoms with Gasteiger partial charge in [-0.3, -0.25) is 4.79 Å². The first-order valence-corrected chi connectivity index (χ1v) is 14.4. The van der Waals surface area contributed by atoms with Crippen LogP contribution in [-0.2, 0) is 19.6 Å². The number of rotatable bonds is 10. The Bertz CT molecular complexity index is 1470. The summed E-state index contributed by atoms with van der Waals surface area (Å²) in [6.07, 6.45) is 5.69. The first-order chi connectivity index (χ1) is 18.8. The van der Waals surface area contributed by atoms with Gasteiger partial charge in [0.25, 0.3) is 5.91 Å². The van der Waals surface area contributed by atoms with Crippen molar-refractivity contribution in [2.75, 3.05) is 33.4 Å². The molecule has 0 bridgehead atoms. The first kappa shape index (κ1) is 28.2. The van der Waals surface area contributed by atoms with Crippen LogP contribution in [0.15, 0.2) is 71.3 Å². The van der Waals surface area contributed by atoms with Crippen LogP contribution in [0.3, 0.4) is 0 Å². The number of carbonyl (C=O) groups is 1. The molecule has 204 valence electrons. The van der Waals surface area contributed by atoms with Gasteiger partial charge in [0.05, 0.1) is 10.6 Å². The lowest BCUT2D eigenvalue weighted by atomic mass is 10.0. The minimum Gasteiger partial charge on any atom is -0.385 e. The Morgan fingerprint density at radius 3 is 2.74 bits per heavy atom. The van der Waals surface area contributed by atoms with Gasteiger partial charge in [-0.1, -0.05) is 37.3 Å². The zero-order valence-electron chi connectivity index (χ0n) is 22.2. The molecule has 0 saturated carbocycles. The number of hydrogen-bond donors (Lipinski definition) is 1. The fourth-order valence-electron chi connectivity index (χ4n) is 4.57. The molecule has 0 radical (unpaired) electrons. The number of para-hydroxylation sites is 1. The highest BCUT2D eigenvalue weighted by atomic mass is 32.2. The molecule has 1 aliphatic rings. The van der Waals surface area contributed by atoms with E-state index < -0.39 is 15.9 Å². The van der Waals surface area contributed by atoms with Gasteiger partial charge in [-0.05, 0) is 55.5 Å². The number of benzene rings is 2. The van der Waals surface area contributed by atoms with E-state index in [-0.39, 0.29) is 10.5 Å². The van der Waals surface area contributed by atoms with E-state index in [2.05, 4.69) is 12.2 Å². The van der Waals surface area contributed by atoms with Gasteiger partial charge < -0.3 is 10.1 Å². The van der Waals surface area contributed by atoms with Crippen molar-refractivity contribution in [1.29, 1.82) is 5.26 Å². The van der Waals surface area contributed by atoms with Crippen molar-refractivity contribution in [3.63, 3.8) is 0 Å². The summed E-state index contributed by atoms with van der Waals surface area (Å²) in [4.78, 5) is 12.9. The van der Waals surface area contributed by atoms with Gasteiger partial charge in [0.15, 0.2) is 0 Å². The molecule has 1 aromatic heterocycles. The van der Waals surface area contributed by atoms with E-state index in [1.807, 2.05) is 36.4 Å². The number of carbonyl (C=O) groups excluding carboxylic acids is 1. The highest BCUT2D eigenvalue weighted by Gasteiger charge is 2.29. The Kier molecular flexibility index (Phi) is 9.30. The lowest BCUT2D eigenvalue weighted by Gasteiger charge is -2.30. The van der Waals surface area contributed by atoms with Crippen LogP contribution < -0.4 is 5.32 Å². The van der Waals surface area contributed by atoms with Gasteiger partial charge in [0.1, 0.15) is 17.3 Å². The second-order valence-electron chi connectivity index (χ2n) is 9.62. The molecule has 0 spiro atoms. The van der Waals surface area contributed by atoms with Crippen molar-refractivity contribution >= 4 is 22.0 Å². The van der Waals surface area contributed by atoms with Crippen LogP contribution in [0.2, 0.25) is 0 Å². The van der Waals surface area contributed by atoms with Gasteiger partial charge in [-0.25, -0.2) is 13.1 Å². The fourth-order valence-corrected chi connectivity index (χ4v) is 6.21. The van der Waals surface area contributed by atoms with Gasteiger partial charge in [-0.2, -0.15) is 14.7 Å². The Morgan fingerprint density at radius 1 is 1.23 bits per heavy atom. The van der Waals surface area contributed by atoms with E-state index in [0.29, 0.717) is 55.4 Å². The largest absolute Gasteiger partial charge is 0.385 e. The number of hydrogen-bond acceptors (Lipinski definition) is 6. The second-order valence-corrected chi connectivity index (χ2v) is 11.6. The Hall–Kier alpha value is -3.78. The molecule has 1 fully saturated rings. The topological polar surface area (TPSA) is 117 Å². The number of ether oxygens (including phenoxy) is 1. The van der Waals surface area contributed by atoms with E-state index in [1.165, 1.54) is 6.08 Å². The van der Waals surface area contributed by atoms with Crippen LogP contribution in [0.5, 0.6) is 0 Å². The molecule has 1 unspecified atom stereocenters. The first-order valence-electron chi connectivity index (χ1n) is 13.0. The van der Waals surface area contributed by atoms with E-state index in [0.717, 1.165) is 18.5 Å². The van der Waals surface area contributed by atoms with Crippen LogP contribution in [0.1, 0.15) is 31.7 Å². The zero-order valence-corrected chi connectivity index (χ0v) is 23.0. The maximum Gasteiger partial charge on any atom is 0.261 e. The molecule has 9 nitrogen and oxygen atoms in total. The van der Waals surface area contributed by atoms with Crippen molar-refractivity contribution in [2.45, 2.75) is 31.1 Å². The Labute approximate surface area is 229 Å². The molecule has 0 aliphatic carbocycles. The van der Waals surface area contributed by atoms with Crippen LogP contribution in [0, 0.1) is 17.2 Å². The molecule has 1 N–H and O–H groups in total. The fraction of sp³-hybridized carbons (Fsp3) is 0.345. The summed E-state index contributed by atoms with van der Waals surface area (Å²) in [6, 6.07) is 18.1. The summed E-state index contributed by atoms with van der Waals surface area (Å²) in [7, 11) is -2.10. The standard InChI is InChI=1S/C29H33N5O4S/c1-22-9-7-15-33(20-22)39(36,37)27-13-6-10-23(18-27)28-25(21-34(32-28)26-11-4-3-5-12-26)17-24(19-30)29(35)31-14-8-16-38-2/h3-6,10-13,17-18,21-22H,7-9,14-16,20H2,1-2H3,(H,31,35)/b24-17-. The summed E-state index contributed by atoms with van der Waals surface area (Å²) in [5.74, 6) is -0.192. The van der Waals surface area contributed by atoms with Gasteiger partial charge in [0.2, 0.25) is 10.0 Å². The van der Waals surface area contributed by atoms with Crippen LogP contribution >= 0.6 is 0 Å². The number of sulfonamides is 1. The molecule has 2 heterocycles. The van der Waals surface area contributed by atoms with Crippen molar-refractivity contribution in [3.05, 3.63) is 71.9 Å². The van der Waals surface area contributed by atoms with E-state index in [4.69, 9.17) is 9.84 Å². The lowest BCUT2D eigenvalue weighted by Crippen LogP contribution is -2.39. The molecule has 1 aliphatic heterocycles. The molecule has 2 aromatic carbocycles. The molecule has 10 heteroatoms. The minimum atomic E-state index is -3.68. The lowest BCUT2D eigenvalue weighted by molar-refractivity contribution is -0.117. The third-order valence-electron chi connectivity index (χ3n) is 6.60. The third-order valence-corrected chi connectivity index (χ3v) is 8.47. The maximum absolute atomic E-state index is 13.5. The van der Waals surface area contributed by atoms with E-state index in [9.17, 15) is 18.5 Å². The molecule has 1 amide bonds. The SMILES string of the molecule is COCCCNC(=O)/C(C#N)=C\c1cn(-c2ccccc2)nc1-c1cccc(S(=O)(=O)N2CCCC(C)C2)c1. The highest BCUT2D eigenvalue weighted by Crippen LogP contribution is 2.30. The second kappa shape index (κ2) is 12.8. The van der Waals surface area contributed by atoms with E-state index in [1.54, 1.807) is 46.6 Å². The summed E-state index contributed by atoms with van der Waals surface area (Å²) >= 11 is 0. The van der Waals surface area contributed by atoms with Crippen LogP contribution in [0.25, 0.3) is 23.0 Å². The predicted octanol–water partition coefficient (Wildman–Crippen LogP) is 4.02. The number of nitrogens with zero attached hydrogens (tertiary/aromatic N) is 4.